The molecule has 2 atom stereocenters. The van der Waals surface area contributed by atoms with Crippen molar-refractivity contribution in [3.63, 3.8) is 0 Å². The molecule has 0 aromatic carbocycles. The summed E-state index contributed by atoms with van der Waals surface area (Å²) < 4.78 is 14.8. The molecule has 0 aliphatic carbocycles. The Kier molecular flexibility index (Phi) is 67.8. The van der Waals surface area contributed by atoms with E-state index in [-0.39, 0.29) is 131 Å². The third-order valence-electron chi connectivity index (χ3n) is 1.82. The quantitative estimate of drug-likeness (QED) is 0.222. The molecule has 0 aromatic rings. The molecule has 0 spiro atoms. The van der Waals surface area contributed by atoms with Crippen molar-refractivity contribution in [3.8, 4) is 0 Å². The smallest absolute Gasteiger partial charge is 0.323 e. The van der Waals surface area contributed by atoms with Crippen LogP contribution in [-0.4, -0.2) is 63.2 Å². The zero-order chi connectivity index (χ0) is 23.7. The van der Waals surface area contributed by atoms with Crippen LogP contribution in [0, 0.1) is 0 Å². The molecule has 0 rings (SSSR count). The first-order valence-electron chi connectivity index (χ1n) is 6.22. The van der Waals surface area contributed by atoms with E-state index in [2.05, 4.69) is 37.2 Å². The summed E-state index contributed by atoms with van der Waals surface area (Å²) in [6.45, 7) is -2.82. The van der Waals surface area contributed by atoms with E-state index in [0.717, 1.165) is 0 Å². The molecule has 24 heteroatoms. The Hall–Kier alpha value is 8.88. The van der Waals surface area contributed by atoms with Crippen molar-refractivity contribution in [1.29, 1.82) is 0 Å². The maximum Gasteiger partial charge on any atom is 0.323 e. The maximum absolute atomic E-state index is 8.80. The van der Waals surface area contributed by atoms with Gasteiger partial charge in [0.2, 0.25) is 5.69 Å². The topological polar surface area (TPSA) is 77.4 Å². The van der Waals surface area contributed by atoms with Crippen molar-refractivity contribution in [1.82, 2.24) is 0 Å². The summed E-state index contributed by atoms with van der Waals surface area (Å²) in [4.78, 5) is 17.4. The third-order valence-corrected chi connectivity index (χ3v) is 26.1. The molecule has 2 unspecified atom stereocenters. The molecule has 0 heterocycles. The van der Waals surface area contributed by atoms with Crippen LogP contribution in [-0.2, 0) is 221 Å². The van der Waals surface area contributed by atoms with Crippen molar-refractivity contribution >= 4 is 138 Å². The standard InChI is InChI=1S/C2H7O3PS.C2H7O2PS2.C2H7OPS3.C2H7PS4.4Y/c1-4-6(3,7)5-2;1-4-5(3,6)7-2;1-3-4(5,6)7-2;1-6-3(4,5)7-2;;;;/h1-2H3,(H,3,7);1-2H3,(H,3,6);1-2H3,(H,5,6);1-2H3,(H,4,5);;;;/p-2. The van der Waals surface area contributed by atoms with Crippen molar-refractivity contribution in [3.05, 3.63) is 0 Å². The van der Waals surface area contributed by atoms with Crippen molar-refractivity contribution < 1.29 is 159 Å². The summed E-state index contributed by atoms with van der Waals surface area (Å²) in [7, 11) is 5.59. The van der Waals surface area contributed by atoms with Crippen LogP contribution in [0.15, 0.2) is 0 Å². The zero-order valence-electron chi connectivity index (χ0n) is 18.7. The molecular formula is C8H26O6P4S10Y4-2. The van der Waals surface area contributed by atoms with Gasteiger partial charge in [-0.3, -0.25) is 0 Å². The predicted molar refractivity (Wildman–Crippen MR) is 158 cm³/mol. The molecule has 2 N–H and O–H groups in total. The van der Waals surface area contributed by atoms with Gasteiger partial charge in [0.1, 0.15) is 0 Å². The van der Waals surface area contributed by atoms with Crippen LogP contribution in [0.3, 0.4) is 0 Å². The molecule has 0 bridgehead atoms. The van der Waals surface area contributed by atoms with Gasteiger partial charge in [0.05, 0.1) is 0 Å². The molecule has 188 valence electrons. The average molecular weight is 1020 g/mol. The summed E-state index contributed by atoms with van der Waals surface area (Å²) in [6.07, 6.45) is 7.55. The minimum atomic E-state index is -2.82. The molecule has 0 saturated carbocycles. The van der Waals surface area contributed by atoms with Crippen LogP contribution in [0.1, 0.15) is 0 Å². The predicted octanol–water partition coefficient (Wildman–Crippen LogP) is 5.95. The third kappa shape index (κ3) is 51.6. The Labute approximate surface area is 342 Å². The van der Waals surface area contributed by atoms with E-state index in [1.807, 2.05) is 18.8 Å². The molecule has 0 fully saturated rings. The van der Waals surface area contributed by atoms with Gasteiger partial charge in [-0.05, 0) is 53.3 Å². The second-order valence-corrected chi connectivity index (χ2v) is 36.7. The van der Waals surface area contributed by atoms with Crippen molar-refractivity contribution in [2.45, 2.75) is 0 Å². The first-order chi connectivity index (χ1) is 12.5. The fourth-order valence-corrected chi connectivity index (χ4v) is 3.58. The second-order valence-electron chi connectivity index (χ2n) is 3.29. The van der Waals surface area contributed by atoms with Crippen LogP contribution in [0.4, 0.5) is 0 Å². The van der Waals surface area contributed by atoms with Gasteiger partial charge >= 0.3 is 6.72 Å². The van der Waals surface area contributed by atoms with Gasteiger partial charge in [0, 0.05) is 159 Å². The van der Waals surface area contributed by atoms with Gasteiger partial charge in [-0.1, -0.05) is 26.8 Å². The van der Waals surface area contributed by atoms with Crippen molar-refractivity contribution in [2.24, 2.45) is 0 Å². The summed E-state index contributed by atoms with van der Waals surface area (Å²) in [6, 6.07) is 0. The molecule has 0 amide bonds. The minimum Gasteiger partial charge on any atom is -0.726 e. The number of hydrogen-bond donors (Lipinski definition) is 2. The Morgan fingerprint density at radius 2 is 0.906 bits per heavy atom. The van der Waals surface area contributed by atoms with Gasteiger partial charge in [0.25, 0.3) is 0 Å². The number of rotatable bonds is 8. The summed E-state index contributed by atoms with van der Waals surface area (Å²) >= 11 is 34.4. The summed E-state index contributed by atoms with van der Waals surface area (Å²) in [5.74, 6) is 0. The maximum atomic E-state index is 8.80. The van der Waals surface area contributed by atoms with Gasteiger partial charge in [-0.2, -0.15) is 0 Å². The van der Waals surface area contributed by atoms with Crippen LogP contribution >= 0.6 is 66.3 Å². The monoisotopic (exact) mass is 1020 g/mol. The Morgan fingerprint density at radius 3 is 0.906 bits per heavy atom. The van der Waals surface area contributed by atoms with Gasteiger partial charge in [-0.15, -0.1) is 46.0 Å². The van der Waals surface area contributed by atoms with E-state index in [4.69, 9.17) is 62.4 Å². The molecule has 0 aliphatic rings. The van der Waals surface area contributed by atoms with E-state index >= 15 is 0 Å². The van der Waals surface area contributed by atoms with E-state index in [1.54, 1.807) is 36.1 Å². The van der Waals surface area contributed by atoms with Crippen LogP contribution in [0.25, 0.3) is 0 Å². The fourth-order valence-electron chi connectivity index (χ4n) is 0.298. The molecule has 0 aliphatic heterocycles. The SMILES string of the molecule is COP(=S)([S-])SC.COP(O)(=S)OC.COP(O)(=S)SC.CSP(=S)([S-])SC.[Y].[Y].[Y].[Y]. The first kappa shape index (κ1) is 60.1. The zero-order valence-corrected chi connectivity index (χ0v) is 41.8. The normalized spacial score (nSPS) is 13.4. The number of hydrogen-bond acceptors (Lipinski definition) is 14. The molecule has 0 aromatic heterocycles. The Morgan fingerprint density at radius 1 is 0.594 bits per heavy atom. The van der Waals surface area contributed by atoms with Gasteiger partial charge < -0.3 is 52.4 Å². The van der Waals surface area contributed by atoms with Crippen molar-refractivity contribution in [2.75, 3.05) is 53.5 Å². The Bertz CT molecular complexity index is 455. The van der Waals surface area contributed by atoms with Crippen LogP contribution in [0.2, 0.25) is 0 Å². The van der Waals surface area contributed by atoms with Gasteiger partial charge in [-0.25, -0.2) is 0 Å². The van der Waals surface area contributed by atoms with E-state index in [9.17, 15) is 0 Å². The molecular weight excluding hydrogens is 992 g/mol. The Balaban J connectivity index is -0.0000000384. The largest absolute Gasteiger partial charge is 0.726 e. The summed E-state index contributed by atoms with van der Waals surface area (Å²) in [5.41, 5.74) is -2.40. The first-order valence-corrected chi connectivity index (χ1v) is 26.4. The van der Waals surface area contributed by atoms with E-state index in [0.29, 0.717) is 0 Å². The molecule has 32 heavy (non-hydrogen) atoms. The fraction of sp³-hybridized carbons (Fsp3) is 1.00. The van der Waals surface area contributed by atoms with E-state index in [1.165, 1.54) is 44.1 Å². The summed E-state index contributed by atoms with van der Waals surface area (Å²) in [5, 5.41) is 0. The molecule has 6 nitrogen and oxygen atoms in total. The van der Waals surface area contributed by atoms with Gasteiger partial charge in [0.15, 0.2) is 0 Å². The molecule has 0 saturated heterocycles. The molecule has 4 radical (unpaired) electrons. The van der Waals surface area contributed by atoms with Crippen LogP contribution < -0.4 is 0 Å². The second kappa shape index (κ2) is 36.1. The minimum absolute atomic E-state index is 0. The average Bonchev–Trinajstić information content (AvgIpc) is 2.69. The van der Waals surface area contributed by atoms with E-state index < -0.39 is 20.7 Å². The van der Waals surface area contributed by atoms with Crippen LogP contribution in [0.5, 0.6) is 0 Å².